The van der Waals surface area contributed by atoms with Crippen LogP contribution in [0.4, 0.5) is 0 Å². The van der Waals surface area contributed by atoms with E-state index in [9.17, 15) is 0 Å². The van der Waals surface area contributed by atoms with Crippen LogP contribution in [0, 0.1) is 34.1 Å². The summed E-state index contributed by atoms with van der Waals surface area (Å²) in [6.45, 7) is 1.71. The lowest BCUT2D eigenvalue weighted by Crippen LogP contribution is -1.36. The first-order valence-corrected chi connectivity index (χ1v) is 1.46. The lowest BCUT2D eigenvalue weighted by molar-refractivity contribution is 0.824. The van der Waals surface area contributed by atoms with E-state index in [2.05, 4.69) is 17.8 Å². The smallest absolute Gasteiger partial charge is 0.412 e. The molecule has 0 aromatic rings. The second-order valence-corrected chi connectivity index (χ2v) is 0.519. The highest BCUT2D eigenvalue weighted by molar-refractivity contribution is 5.20. The molecule has 0 aromatic carbocycles. The molecule has 0 amide bonds. The Hall–Kier alpha value is -1.32. The van der Waals surface area contributed by atoms with Crippen LogP contribution in [0.15, 0.2) is 0 Å². The van der Waals surface area contributed by atoms with Crippen molar-refractivity contribution in [3.05, 3.63) is 9.93 Å². The Bertz CT molecular complexity index is 118. The Morgan fingerprint density at radius 3 is 1.60 bits per heavy atom. The molecule has 0 fully saturated rings. The van der Waals surface area contributed by atoms with Crippen LogP contribution in [0.3, 0.4) is 0 Å². The highest BCUT2D eigenvalue weighted by Crippen LogP contribution is 1.41. The molecule has 0 saturated carbocycles. The highest BCUT2D eigenvalue weighted by atomic mass is 16.7. The van der Waals surface area contributed by atoms with Crippen molar-refractivity contribution in [1.82, 2.24) is 0 Å². The normalized spacial score (nSPS) is 2.00. The summed E-state index contributed by atoms with van der Waals surface area (Å²) in [6.07, 6.45) is 4.72. The quantitative estimate of drug-likeness (QED) is 0.484. The molecule has 10 heavy (non-hydrogen) atoms. The summed E-state index contributed by atoms with van der Waals surface area (Å²) in [5.74, 6) is 7.08. The second-order valence-electron chi connectivity index (χ2n) is 0.519. The molecule has 0 aliphatic rings. The van der Waals surface area contributed by atoms with E-state index in [0.29, 0.717) is 0 Å². The van der Waals surface area contributed by atoms with Crippen molar-refractivity contribution in [1.29, 1.82) is 0 Å². The molecule has 0 atom stereocenters. The standard InChI is InChI=1S/C5H4.2CH4.O2.H2O/c1-3-5-4-2;;;1-2;/h1H,2H3;2*1H4;;1H2/p+1. The van der Waals surface area contributed by atoms with E-state index in [1.54, 1.807) is 6.92 Å². The maximum atomic E-state index is 7.00. The van der Waals surface area contributed by atoms with Gasteiger partial charge < -0.3 is 5.48 Å². The van der Waals surface area contributed by atoms with Gasteiger partial charge in [0.25, 0.3) is 0 Å². The van der Waals surface area contributed by atoms with Crippen molar-refractivity contribution >= 4 is 0 Å². The van der Waals surface area contributed by atoms with Crippen molar-refractivity contribution in [2.24, 2.45) is 0 Å². The van der Waals surface area contributed by atoms with E-state index in [0.717, 1.165) is 0 Å². The van der Waals surface area contributed by atoms with Gasteiger partial charge in [-0.1, -0.05) is 20.8 Å². The van der Waals surface area contributed by atoms with Gasteiger partial charge in [0.2, 0.25) is 0 Å². The van der Waals surface area contributed by atoms with E-state index in [1.807, 2.05) is 0 Å². The van der Waals surface area contributed by atoms with Gasteiger partial charge in [-0.05, 0) is 18.8 Å². The van der Waals surface area contributed by atoms with Gasteiger partial charge in [0.15, 0.2) is 0 Å². The topological polar surface area (TPSA) is 65.6 Å². The maximum Gasteiger partial charge on any atom is 1.00 e. The van der Waals surface area contributed by atoms with E-state index in [-0.39, 0.29) is 21.8 Å². The average molecular weight is 147 g/mol. The minimum Gasteiger partial charge on any atom is -0.412 e. The Balaban J connectivity index is -0.00000000972. The molecule has 0 heterocycles. The Morgan fingerprint density at radius 2 is 1.60 bits per heavy atom. The van der Waals surface area contributed by atoms with Crippen LogP contribution in [0.2, 0.25) is 0 Å². The summed E-state index contributed by atoms with van der Waals surface area (Å²) in [5.41, 5.74) is 0. The molecule has 0 saturated heterocycles. The van der Waals surface area contributed by atoms with Crippen LogP contribution < -0.4 is 0 Å². The fourth-order valence-corrected chi connectivity index (χ4v) is 0.0722. The van der Waals surface area contributed by atoms with E-state index < -0.39 is 0 Å². The van der Waals surface area contributed by atoms with Gasteiger partial charge in [-0.2, -0.15) is 0 Å². The molecule has 0 spiro atoms. The number of hydrogen-bond donors (Lipinski definition) is 0. The minimum absolute atomic E-state index is 0. The SMILES string of the molecule is C.C.C#CC#CC.O.O=O.[H+]. The Labute approximate surface area is 63.8 Å². The first-order chi connectivity index (χ1) is 3.41. The third-order valence-corrected chi connectivity index (χ3v) is 0.197. The Morgan fingerprint density at radius 1 is 1.30 bits per heavy atom. The van der Waals surface area contributed by atoms with Gasteiger partial charge in [0.05, 0.1) is 0 Å². The second kappa shape index (κ2) is 121. The summed E-state index contributed by atoms with van der Waals surface area (Å²) in [7, 11) is 0. The lowest BCUT2D eigenvalue weighted by atomic mass is 10.6. The van der Waals surface area contributed by atoms with Gasteiger partial charge in [-0.3, -0.25) is 0 Å². The molecule has 0 radical (unpaired) electrons. The number of rotatable bonds is 0. The van der Waals surface area contributed by atoms with Crippen molar-refractivity contribution in [2.75, 3.05) is 0 Å². The van der Waals surface area contributed by atoms with Crippen LogP contribution in [0.25, 0.3) is 0 Å². The van der Waals surface area contributed by atoms with Gasteiger partial charge in [0.1, 0.15) is 0 Å². The largest absolute Gasteiger partial charge is 1.00 e. The van der Waals surface area contributed by atoms with E-state index in [4.69, 9.17) is 16.4 Å². The first kappa shape index (κ1) is 37.8. The minimum atomic E-state index is 0. The predicted molar refractivity (Wildman–Crippen MR) is 47.2 cm³/mol. The third-order valence-electron chi connectivity index (χ3n) is 0.197. The fourth-order valence-electron chi connectivity index (χ4n) is 0.0722. The van der Waals surface area contributed by atoms with Crippen LogP contribution in [-0.4, -0.2) is 5.48 Å². The highest BCUT2D eigenvalue weighted by Gasteiger charge is 1.35. The van der Waals surface area contributed by atoms with Gasteiger partial charge >= 0.3 is 1.43 Å². The summed E-state index contributed by atoms with van der Waals surface area (Å²) in [4.78, 5) is 14.0. The Kier molecular flexibility index (Phi) is 459. The molecule has 2 N–H and O–H groups in total. The summed E-state index contributed by atoms with van der Waals surface area (Å²) in [6, 6.07) is 0. The predicted octanol–water partition coefficient (Wildman–Crippen LogP) is 1.27. The number of hydrogen-bond acceptors (Lipinski definition) is 2. The zero-order valence-electron chi connectivity index (χ0n) is 5.39. The van der Waals surface area contributed by atoms with Crippen LogP contribution in [-0.2, 0) is 0 Å². The summed E-state index contributed by atoms with van der Waals surface area (Å²) < 4.78 is 0. The molecule has 0 aliphatic carbocycles. The molecule has 0 aromatic heterocycles. The molecular weight excluding hydrogens is 132 g/mol. The first-order valence-electron chi connectivity index (χ1n) is 1.46. The van der Waals surface area contributed by atoms with Crippen LogP contribution in [0.1, 0.15) is 23.2 Å². The van der Waals surface area contributed by atoms with Crippen molar-refractivity contribution in [3.63, 3.8) is 0 Å². The van der Waals surface area contributed by atoms with Gasteiger partial charge in [-0.15, -0.1) is 6.42 Å². The van der Waals surface area contributed by atoms with Crippen LogP contribution >= 0.6 is 0 Å². The molecule has 0 aliphatic heterocycles. The number of terminal acetylenes is 1. The van der Waals surface area contributed by atoms with Crippen molar-refractivity contribution < 1.29 is 6.90 Å². The zero-order valence-corrected chi connectivity index (χ0v) is 4.39. The molecule has 0 bridgehead atoms. The summed E-state index contributed by atoms with van der Waals surface area (Å²) >= 11 is 0. The molecule has 60 valence electrons. The zero-order chi connectivity index (χ0) is 6.12. The molecule has 0 unspecified atom stereocenters. The molecule has 3 nitrogen and oxygen atoms in total. The van der Waals surface area contributed by atoms with Crippen molar-refractivity contribution in [2.45, 2.75) is 21.8 Å². The maximum absolute atomic E-state index is 7.00. The van der Waals surface area contributed by atoms with Gasteiger partial charge in [-0.25, -0.2) is 0 Å². The monoisotopic (exact) mass is 147 g/mol. The van der Waals surface area contributed by atoms with Gasteiger partial charge in [0, 0.05) is 9.93 Å². The van der Waals surface area contributed by atoms with E-state index >= 15 is 0 Å². The lowest BCUT2D eigenvalue weighted by Gasteiger charge is -1.42. The fraction of sp³-hybridized carbons (Fsp3) is 0.429. The van der Waals surface area contributed by atoms with E-state index in [1.165, 1.54) is 0 Å². The molecule has 3 heteroatoms. The third kappa shape index (κ3) is 466. The molecular formula is C7H15O3+. The molecule has 0 rings (SSSR count). The summed E-state index contributed by atoms with van der Waals surface area (Å²) in [5, 5.41) is 0. The average Bonchev–Trinajstić information content (AvgIpc) is 1.75. The van der Waals surface area contributed by atoms with Crippen LogP contribution in [0.5, 0.6) is 0 Å². The van der Waals surface area contributed by atoms with Crippen molar-refractivity contribution in [3.8, 4) is 24.2 Å².